The number of hydrogen-bond acceptors (Lipinski definition) is 2. The third-order valence-corrected chi connectivity index (χ3v) is 3.83. The molecular formula is C17H16ClN3O. The number of amides is 2. The molecule has 1 aliphatic rings. The minimum Gasteiger partial charge on any atom is -0.319 e. The van der Waals surface area contributed by atoms with Crippen LogP contribution in [0.1, 0.15) is 5.56 Å². The van der Waals surface area contributed by atoms with Crippen molar-refractivity contribution in [3.05, 3.63) is 65.5 Å². The van der Waals surface area contributed by atoms with Crippen LogP contribution in [0.2, 0.25) is 5.02 Å². The van der Waals surface area contributed by atoms with Gasteiger partial charge in [-0.3, -0.25) is 9.88 Å². The van der Waals surface area contributed by atoms with E-state index in [2.05, 4.69) is 4.98 Å². The smallest absolute Gasteiger partial charge is 0.319 e. The first-order valence-corrected chi connectivity index (χ1v) is 7.50. The first-order chi connectivity index (χ1) is 10.7. The molecule has 2 amide bonds. The molecular weight excluding hydrogens is 298 g/mol. The van der Waals surface area contributed by atoms with Gasteiger partial charge in [0.05, 0.1) is 0 Å². The highest BCUT2D eigenvalue weighted by Crippen LogP contribution is 2.19. The Bertz CT molecular complexity index is 670. The molecule has 0 aliphatic carbocycles. The van der Waals surface area contributed by atoms with Crippen molar-refractivity contribution >= 4 is 29.4 Å². The summed E-state index contributed by atoms with van der Waals surface area (Å²) in [6, 6.07) is 11.4. The molecule has 112 valence electrons. The van der Waals surface area contributed by atoms with Gasteiger partial charge in [-0.1, -0.05) is 35.9 Å². The summed E-state index contributed by atoms with van der Waals surface area (Å²) in [5.41, 5.74) is 1.96. The van der Waals surface area contributed by atoms with Gasteiger partial charge in [0.15, 0.2) is 0 Å². The lowest BCUT2D eigenvalue weighted by Gasteiger charge is -2.17. The van der Waals surface area contributed by atoms with Crippen LogP contribution in [0.4, 0.5) is 10.5 Å². The summed E-state index contributed by atoms with van der Waals surface area (Å²) in [5, 5.41) is 0.722. The zero-order valence-corrected chi connectivity index (χ0v) is 12.8. The molecule has 1 aromatic heterocycles. The van der Waals surface area contributed by atoms with Crippen LogP contribution >= 0.6 is 11.6 Å². The van der Waals surface area contributed by atoms with E-state index in [0.717, 1.165) is 22.8 Å². The number of pyridine rings is 1. The van der Waals surface area contributed by atoms with E-state index < -0.39 is 0 Å². The molecule has 22 heavy (non-hydrogen) atoms. The SMILES string of the molecule is O=C1N(CC=Cc2ccc(Cl)cc2)CCN1c1ccncc1. The summed E-state index contributed by atoms with van der Waals surface area (Å²) in [6.07, 6.45) is 7.40. The predicted molar refractivity (Wildman–Crippen MR) is 89.0 cm³/mol. The lowest BCUT2D eigenvalue weighted by Crippen LogP contribution is -2.31. The molecule has 5 heteroatoms. The molecule has 0 saturated carbocycles. The average Bonchev–Trinajstić information content (AvgIpc) is 2.91. The van der Waals surface area contributed by atoms with Crippen LogP contribution in [0.25, 0.3) is 6.08 Å². The number of urea groups is 1. The van der Waals surface area contributed by atoms with E-state index in [-0.39, 0.29) is 6.03 Å². The molecule has 1 aromatic carbocycles. The Morgan fingerprint density at radius 3 is 2.55 bits per heavy atom. The Labute approximate surface area is 134 Å². The van der Waals surface area contributed by atoms with E-state index in [1.807, 2.05) is 53.5 Å². The molecule has 0 atom stereocenters. The third kappa shape index (κ3) is 3.28. The summed E-state index contributed by atoms with van der Waals surface area (Å²) in [4.78, 5) is 20.0. The number of halogens is 1. The first-order valence-electron chi connectivity index (χ1n) is 7.12. The molecule has 2 aromatic rings. The Hall–Kier alpha value is -2.33. The highest BCUT2D eigenvalue weighted by atomic mass is 35.5. The summed E-state index contributed by atoms with van der Waals surface area (Å²) < 4.78 is 0. The van der Waals surface area contributed by atoms with Crippen LogP contribution in [-0.2, 0) is 0 Å². The Balaban J connectivity index is 1.60. The Morgan fingerprint density at radius 1 is 1.09 bits per heavy atom. The number of rotatable bonds is 4. The number of aromatic nitrogens is 1. The summed E-state index contributed by atoms with van der Waals surface area (Å²) in [5.74, 6) is 0. The second kappa shape index (κ2) is 6.62. The Morgan fingerprint density at radius 2 is 1.82 bits per heavy atom. The van der Waals surface area contributed by atoms with Crippen LogP contribution in [-0.4, -0.2) is 35.5 Å². The summed E-state index contributed by atoms with van der Waals surface area (Å²) in [7, 11) is 0. The van der Waals surface area contributed by atoms with Crippen LogP contribution in [0.15, 0.2) is 54.9 Å². The molecule has 1 saturated heterocycles. The van der Waals surface area contributed by atoms with Crippen LogP contribution < -0.4 is 4.90 Å². The number of carbonyl (C=O) groups is 1. The van der Waals surface area contributed by atoms with E-state index >= 15 is 0 Å². The number of benzene rings is 1. The van der Waals surface area contributed by atoms with Crippen molar-refractivity contribution in [1.82, 2.24) is 9.88 Å². The van der Waals surface area contributed by atoms with Crippen molar-refractivity contribution in [1.29, 1.82) is 0 Å². The van der Waals surface area contributed by atoms with Gasteiger partial charge in [-0.15, -0.1) is 0 Å². The van der Waals surface area contributed by atoms with Crippen molar-refractivity contribution in [3.8, 4) is 0 Å². The molecule has 1 aliphatic heterocycles. The molecule has 2 heterocycles. The van der Waals surface area contributed by atoms with Crippen molar-refractivity contribution in [2.45, 2.75) is 0 Å². The lowest BCUT2D eigenvalue weighted by atomic mass is 10.2. The van der Waals surface area contributed by atoms with Crippen molar-refractivity contribution in [2.24, 2.45) is 0 Å². The van der Waals surface area contributed by atoms with Gasteiger partial charge < -0.3 is 4.90 Å². The maximum Gasteiger partial charge on any atom is 0.324 e. The number of hydrogen-bond donors (Lipinski definition) is 0. The first kappa shape index (κ1) is 14.6. The standard InChI is InChI=1S/C17H16ClN3O/c18-15-5-3-14(4-6-15)2-1-11-20-12-13-21(17(20)22)16-7-9-19-10-8-16/h1-10H,11-13H2. The molecule has 0 unspecified atom stereocenters. The molecule has 0 spiro atoms. The van der Waals surface area contributed by atoms with Crippen LogP contribution in [0.5, 0.6) is 0 Å². The van der Waals surface area contributed by atoms with Crippen LogP contribution in [0.3, 0.4) is 0 Å². The topological polar surface area (TPSA) is 36.4 Å². The summed E-state index contributed by atoms with van der Waals surface area (Å²) in [6.45, 7) is 2.03. The van der Waals surface area contributed by atoms with Gasteiger partial charge in [-0.2, -0.15) is 0 Å². The molecule has 0 bridgehead atoms. The fourth-order valence-electron chi connectivity index (χ4n) is 2.41. The highest BCUT2D eigenvalue weighted by Gasteiger charge is 2.28. The van der Waals surface area contributed by atoms with Crippen molar-refractivity contribution < 1.29 is 4.79 Å². The normalized spacial score (nSPS) is 15.0. The maximum atomic E-state index is 12.4. The molecule has 4 nitrogen and oxygen atoms in total. The highest BCUT2D eigenvalue weighted by molar-refractivity contribution is 6.30. The van der Waals surface area contributed by atoms with E-state index in [9.17, 15) is 4.79 Å². The van der Waals surface area contributed by atoms with Crippen molar-refractivity contribution in [3.63, 3.8) is 0 Å². The predicted octanol–water partition coefficient (Wildman–Crippen LogP) is 3.69. The average molecular weight is 314 g/mol. The maximum absolute atomic E-state index is 12.4. The zero-order valence-electron chi connectivity index (χ0n) is 12.0. The molecule has 3 rings (SSSR count). The number of anilines is 1. The monoisotopic (exact) mass is 313 g/mol. The minimum atomic E-state index is 0.0342. The fraction of sp³-hybridized carbons (Fsp3) is 0.176. The lowest BCUT2D eigenvalue weighted by molar-refractivity contribution is 0.225. The largest absolute Gasteiger partial charge is 0.324 e. The van der Waals surface area contributed by atoms with Gasteiger partial charge >= 0.3 is 6.03 Å². The minimum absolute atomic E-state index is 0.0342. The van der Waals surface area contributed by atoms with Crippen molar-refractivity contribution in [2.75, 3.05) is 24.5 Å². The van der Waals surface area contributed by atoms with Gasteiger partial charge in [0.25, 0.3) is 0 Å². The summed E-state index contributed by atoms with van der Waals surface area (Å²) >= 11 is 5.86. The van der Waals surface area contributed by atoms with Crippen LogP contribution in [0, 0.1) is 0 Å². The van der Waals surface area contributed by atoms with E-state index in [0.29, 0.717) is 13.1 Å². The second-order valence-corrected chi connectivity index (χ2v) is 5.48. The molecule has 0 N–H and O–H groups in total. The molecule has 1 fully saturated rings. The molecule has 0 radical (unpaired) electrons. The Kier molecular flexibility index (Phi) is 4.39. The van der Waals surface area contributed by atoms with E-state index in [1.165, 1.54) is 0 Å². The second-order valence-electron chi connectivity index (χ2n) is 5.04. The van der Waals surface area contributed by atoms with Gasteiger partial charge in [-0.05, 0) is 29.8 Å². The quantitative estimate of drug-likeness (QED) is 0.863. The van der Waals surface area contributed by atoms with Gasteiger partial charge in [-0.25, -0.2) is 4.79 Å². The van der Waals surface area contributed by atoms with Gasteiger partial charge in [0.2, 0.25) is 0 Å². The van der Waals surface area contributed by atoms with Gasteiger partial charge in [0.1, 0.15) is 0 Å². The number of carbonyl (C=O) groups excluding carboxylic acids is 1. The number of nitrogens with zero attached hydrogens (tertiary/aromatic N) is 3. The fourth-order valence-corrected chi connectivity index (χ4v) is 2.53. The third-order valence-electron chi connectivity index (χ3n) is 3.58. The van der Waals surface area contributed by atoms with E-state index in [1.54, 1.807) is 17.3 Å². The zero-order chi connectivity index (χ0) is 15.4. The van der Waals surface area contributed by atoms with E-state index in [4.69, 9.17) is 11.6 Å². The van der Waals surface area contributed by atoms with Gasteiger partial charge in [0, 0.05) is 42.7 Å².